The van der Waals surface area contributed by atoms with Crippen molar-refractivity contribution in [3.63, 3.8) is 0 Å². The maximum absolute atomic E-state index is 12.5. The van der Waals surface area contributed by atoms with Gasteiger partial charge in [-0.2, -0.15) is 0 Å². The van der Waals surface area contributed by atoms with Gasteiger partial charge in [-0.1, -0.05) is 84.1 Å². The first kappa shape index (κ1) is 18.1. The molecule has 1 aromatic heterocycles. The number of amides is 1. The van der Waals surface area contributed by atoms with Gasteiger partial charge in [-0.3, -0.25) is 10.1 Å². The van der Waals surface area contributed by atoms with E-state index in [1.54, 1.807) is 0 Å². The van der Waals surface area contributed by atoms with Crippen molar-refractivity contribution in [3.8, 4) is 11.1 Å². The molecule has 0 aliphatic carbocycles. The summed E-state index contributed by atoms with van der Waals surface area (Å²) in [6.07, 6.45) is 1.72. The Balaban J connectivity index is 1.36. The molecule has 0 aliphatic rings. The molecule has 4 aromatic rings. The SMILES string of the molecule is O=C(Nc1nnc(CCc2ccccc2)s1)c1ccc(-c2ccccc2)cc1. The van der Waals surface area contributed by atoms with Gasteiger partial charge >= 0.3 is 0 Å². The van der Waals surface area contributed by atoms with Crippen molar-refractivity contribution >= 4 is 22.4 Å². The molecular weight excluding hydrogens is 366 g/mol. The zero-order chi connectivity index (χ0) is 19.2. The number of rotatable bonds is 6. The Morgan fingerprint density at radius 1 is 0.750 bits per heavy atom. The molecule has 0 aliphatic heterocycles. The van der Waals surface area contributed by atoms with Crippen LogP contribution in [0, 0.1) is 0 Å². The topological polar surface area (TPSA) is 54.9 Å². The van der Waals surface area contributed by atoms with E-state index in [-0.39, 0.29) is 5.91 Å². The van der Waals surface area contributed by atoms with Crippen molar-refractivity contribution in [2.24, 2.45) is 0 Å². The van der Waals surface area contributed by atoms with Crippen molar-refractivity contribution in [3.05, 3.63) is 101 Å². The third-order valence-electron chi connectivity index (χ3n) is 4.41. The van der Waals surface area contributed by atoms with Gasteiger partial charge in [0.15, 0.2) is 0 Å². The molecule has 4 rings (SSSR count). The van der Waals surface area contributed by atoms with Gasteiger partial charge in [-0.05, 0) is 35.2 Å². The first-order valence-corrected chi connectivity index (χ1v) is 9.93. The molecule has 0 atom stereocenters. The molecule has 1 amide bonds. The van der Waals surface area contributed by atoms with Crippen molar-refractivity contribution in [2.45, 2.75) is 12.8 Å². The highest BCUT2D eigenvalue weighted by Crippen LogP contribution is 2.21. The number of hydrogen-bond acceptors (Lipinski definition) is 4. The molecule has 28 heavy (non-hydrogen) atoms. The van der Waals surface area contributed by atoms with E-state index in [0.717, 1.165) is 29.0 Å². The summed E-state index contributed by atoms with van der Waals surface area (Å²) in [5.74, 6) is -0.176. The number of aromatic nitrogens is 2. The molecule has 0 saturated carbocycles. The maximum atomic E-state index is 12.5. The average molecular weight is 385 g/mol. The smallest absolute Gasteiger partial charge is 0.257 e. The molecular formula is C23H19N3OS. The van der Waals surface area contributed by atoms with Crippen LogP contribution in [0.1, 0.15) is 20.9 Å². The summed E-state index contributed by atoms with van der Waals surface area (Å²) in [6, 6.07) is 27.9. The van der Waals surface area contributed by atoms with E-state index in [9.17, 15) is 4.79 Å². The predicted octanol–water partition coefficient (Wildman–Crippen LogP) is 5.24. The standard InChI is InChI=1S/C23H19N3OS/c27-22(20-14-12-19(13-15-20)18-9-5-2-6-10-18)24-23-26-25-21(28-23)16-11-17-7-3-1-4-8-17/h1-10,12-15H,11,16H2,(H,24,26,27). The van der Waals surface area contributed by atoms with E-state index < -0.39 is 0 Å². The van der Waals surface area contributed by atoms with Gasteiger partial charge in [0.1, 0.15) is 5.01 Å². The molecule has 1 heterocycles. The fraction of sp³-hybridized carbons (Fsp3) is 0.0870. The number of aryl methyl sites for hydroxylation is 2. The minimum Gasteiger partial charge on any atom is -0.296 e. The van der Waals surface area contributed by atoms with Crippen molar-refractivity contribution in [1.29, 1.82) is 0 Å². The lowest BCUT2D eigenvalue weighted by Crippen LogP contribution is -2.11. The van der Waals surface area contributed by atoms with Crippen LogP contribution in [0.4, 0.5) is 5.13 Å². The van der Waals surface area contributed by atoms with Crippen LogP contribution in [0.3, 0.4) is 0 Å². The third kappa shape index (κ3) is 4.50. The second-order valence-corrected chi connectivity index (χ2v) is 7.45. The summed E-state index contributed by atoms with van der Waals surface area (Å²) in [5, 5.41) is 12.6. The van der Waals surface area contributed by atoms with E-state index in [1.807, 2.05) is 72.8 Å². The van der Waals surface area contributed by atoms with Gasteiger partial charge in [0.25, 0.3) is 5.91 Å². The molecule has 5 heteroatoms. The van der Waals surface area contributed by atoms with Gasteiger partial charge in [0, 0.05) is 12.0 Å². The molecule has 3 aromatic carbocycles. The first-order chi connectivity index (χ1) is 13.8. The minimum atomic E-state index is -0.176. The molecule has 0 saturated heterocycles. The number of carbonyl (C=O) groups excluding carboxylic acids is 1. The summed E-state index contributed by atoms with van der Waals surface area (Å²) < 4.78 is 0. The average Bonchev–Trinajstić information content (AvgIpc) is 3.21. The molecule has 1 N–H and O–H groups in total. The number of nitrogens with zero attached hydrogens (tertiary/aromatic N) is 2. The van der Waals surface area contributed by atoms with Crippen LogP contribution in [0.5, 0.6) is 0 Å². The Hall–Kier alpha value is -3.31. The number of hydrogen-bond donors (Lipinski definition) is 1. The highest BCUT2D eigenvalue weighted by molar-refractivity contribution is 7.15. The fourth-order valence-electron chi connectivity index (χ4n) is 2.92. The van der Waals surface area contributed by atoms with Gasteiger partial charge in [-0.25, -0.2) is 0 Å². The van der Waals surface area contributed by atoms with Crippen LogP contribution in [-0.4, -0.2) is 16.1 Å². The molecule has 0 fully saturated rings. The largest absolute Gasteiger partial charge is 0.296 e. The van der Waals surface area contributed by atoms with Crippen LogP contribution in [0.2, 0.25) is 0 Å². The zero-order valence-electron chi connectivity index (χ0n) is 15.2. The first-order valence-electron chi connectivity index (χ1n) is 9.11. The Kier molecular flexibility index (Phi) is 5.54. The van der Waals surface area contributed by atoms with Crippen LogP contribution < -0.4 is 5.32 Å². The van der Waals surface area contributed by atoms with Gasteiger partial charge < -0.3 is 0 Å². The normalized spacial score (nSPS) is 10.6. The summed E-state index contributed by atoms with van der Waals surface area (Å²) in [4.78, 5) is 12.5. The van der Waals surface area contributed by atoms with E-state index in [1.165, 1.54) is 16.9 Å². The molecule has 0 radical (unpaired) electrons. The summed E-state index contributed by atoms with van der Waals surface area (Å²) in [6.45, 7) is 0. The van der Waals surface area contributed by atoms with Gasteiger partial charge in [0.2, 0.25) is 5.13 Å². The summed E-state index contributed by atoms with van der Waals surface area (Å²) in [7, 11) is 0. The van der Waals surface area contributed by atoms with Crippen molar-refractivity contribution < 1.29 is 4.79 Å². The van der Waals surface area contributed by atoms with E-state index >= 15 is 0 Å². The van der Waals surface area contributed by atoms with E-state index in [4.69, 9.17) is 0 Å². The highest BCUT2D eigenvalue weighted by Gasteiger charge is 2.11. The van der Waals surface area contributed by atoms with Crippen LogP contribution >= 0.6 is 11.3 Å². The van der Waals surface area contributed by atoms with Crippen LogP contribution in [-0.2, 0) is 12.8 Å². The minimum absolute atomic E-state index is 0.176. The molecule has 138 valence electrons. The summed E-state index contributed by atoms with van der Waals surface area (Å²) in [5.41, 5.74) is 4.07. The van der Waals surface area contributed by atoms with Crippen molar-refractivity contribution in [1.82, 2.24) is 10.2 Å². The highest BCUT2D eigenvalue weighted by atomic mass is 32.1. The maximum Gasteiger partial charge on any atom is 0.257 e. The van der Waals surface area contributed by atoms with E-state index in [2.05, 4.69) is 27.6 Å². The fourth-order valence-corrected chi connectivity index (χ4v) is 3.65. The number of anilines is 1. The second kappa shape index (κ2) is 8.59. The lowest BCUT2D eigenvalue weighted by molar-refractivity contribution is 0.102. The van der Waals surface area contributed by atoms with Crippen LogP contribution in [0.25, 0.3) is 11.1 Å². The summed E-state index contributed by atoms with van der Waals surface area (Å²) >= 11 is 1.42. The quantitative estimate of drug-likeness (QED) is 0.494. The zero-order valence-corrected chi connectivity index (χ0v) is 16.0. The molecule has 0 bridgehead atoms. The van der Waals surface area contributed by atoms with E-state index in [0.29, 0.717) is 10.7 Å². The molecule has 4 nitrogen and oxygen atoms in total. The predicted molar refractivity (Wildman–Crippen MR) is 114 cm³/mol. The van der Waals surface area contributed by atoms with Crippen molar-refractivity contribution in [2.75, 3.05) is 5.32 Å². The Labute approximate surface area is 167 Å². The monoisotopic (exact) mass is 385 g/mol. The third-order valence-corrected chi connectivity index (χ3v) is 5.31. The lowest BCUT2D eigenvalue weighted by atomic mass is 10.0. The van der Waals surface area contributed by atoms with Crippen LogP contribution in [0.15, 0.2) is 84.9 Å². The number of carbonyl (C=O) groups is 1. The molecule has 0 spiro atoms. The lowest BCUT2D eigenvalue weighted by Gasteiger charge is -2.04. The second-order valence-electron chi connectivity index (χ2n) is 6.38. The number of benzene rings is 3. The number of nitrogens with one attached hydrogen (secondary N) is 1. The Morgan fingerprint density at radius 2 is 1.39 bits per heavy atom. The molecule has 0 unspecified atom stereocenters. The Morgan fingerprint density at radius 3 is 2.11 bits per heavy atom. The Bertz CT molecular complexity index is 1040. The van der Waals surface area contributed by atoms with Gasteiger partial charge in [0.05, 0.1) is 0 Å². The van der Waals surface area contributed by atoms with Gasteiger partial charge in [-0.15, -0.1) is 10.2 Å².